The summed E-state index contributed by atoms with van der Waals surface area (Å²) in [5.74, 6) is 0. The number of ether oxygens (including phenoxy) is 1. The Bertz CT molecular complexity index is 743. The van der Waals surface area contributed by atoms with Crippen LogP contribution in [0.4, 0.5) is 10.5 Å². The summed E-state index contributed by atoms with van der Waals surface area (Å²) in [6.07, 6.45) is 3.99. The topological polar surface area (TPSA) is 55.3 Å². The van der Waals surface area contributed by atoms with E-state index in [4.69, 9.17) is 4.74 Å². The number of nitrogens with one attached hydrogen (secondary N) is 2. The van der Waals surface area contributed by atoms with Gasteiger partial charge in [-0.25, -0.2) is 4.79 Å². The second kappa shape index (κ2) is 6.38. The van der Waals surface area contributed by atoms with Crippen molar-refractivity contribution in [3.05, 3.63) is 30.0 Å². The third-order valence-electron chi connectivity index (χ3n) is 4.19. The van der Waals surface area contributed by atoms with Gasteiger partial charge in [0.1, 0.15) is 5.60 Å². The highest BCUT2D eigenvalue weighted by molar-refractivity contribution is 5.88. The van der Waals surface area contributed by atoms with E-state index in [1.165, 1.54) is 22.2 Å². The predicted molar refractivity (Wildman–Crippen MR) is 97.6 cm³/mol. The van der Waals surface area contributed by atoms with Crippen molar-refractivity contribution in [3.63, 3.8) is 0 Å². The molecule has 0 unspecified atom stereocenters. The third kappa shape index (κ3) is 3.66. The molecule has 5 nitrogen and oxygen atoms in total. The van der Waals surface area contributed by atoms with Gasteiger partial charge >= 0.3 is 6.09 Å². The smallest absolute Gasteiger partial charge is 0.407 e. The first-order chi connectivity index (χ1) is 11.3. The molecule has 0 bridgehead atoms. The first-order valence-corrected chi connectivity index (χ1v) is 8.67. The molecule has 24 heavy (non-hydrogen) atoms. The first kappa shape index (κ1) is 16.7. The summed E-state index contributed by atoms with van der Waals surface area (Å²) in [4.78, 5) is 11.9. The van der Waals surface area contributed by atoms with Gasteiger partial charge in [-0.15, -0.1) is 0 Å². The number of nitrogens with zero attached hydrogens (tertiary/aromatic N) is 1. The molecule has 0 spiro atoms. The number of fused-ring (bicyclic) bond motifs is 3. The predicted octanol–water partition coefficient (Wildman–Crippen LogP) is 3.91. The summed E-state index contributed by atoms with van der Waals surface area (Å²) >= 11 is 0. The van der Waals surface area contributed by atoms with Crippen LogP contribution in [0.25, 0.3) is 10.9 Å². The molecular formula is C19H27N3O2. The number of hydrogen-bond donors (Lipinski definition) is 2. The van der Waals surface area contributed by atoms with E-state index in [0.29, 0.717) is 0 Å². The molecule has 0 saturated carbocycles. The molecule has 1 aliphatic rings. The molecule has 1 aromatic carbocycles. The molecule has 1 atom stereocenters. The van der Waals surface area contributed by atoms with E-state index in [-0.39, 0.29) is 12.1 Å². The quantitative estimate of drug-likeness (QED) is 0.897. The van der Waals surface area contributed by atoms with Crippen LogP contribution in [-0.2, 0) is 17.7 Å². The largest absolute Gasteiger partial charge is 0.444 e. The standard InChI is InChI=1S/C19H27N3O2/c1-13(21-18(23)24-19(2,3)4)12-22-11-9-14-7-8-16-15(17(14)22)6-5-10-20-16/h7-9,11,13,20H,5-6,10,12H2,1-4H3,(H,21,23)/t13-/m0/s1. The van der Waals surface area contributed by atoms with Crippen LogP contribution in [-0.4, -0.2) is 28.8 Å². The molecule has 1 amide bonds. The molecule has 0 aliphatic carbocycles. The third-order valence-corrected chi connectivity index (χ3v) is 4.19. The minimum Gasteiger partial charge on any atom is -0.444 e. The molecule has 1 aliphatic heterocycles. The van der Waals surface area contributed by atoms with Gasteiger partial charge in [0, 0.05) is 36.4 Å². The van der Waals surface area contributed by atoms with Crippen molar-refractivity contribution in [1.82, 2.24) is 9.88 Å². The maximum Gasteiger partial charge on any atom is 0.407 e. The molecule has 1 aromatic heterocycles. The van der Waals surface area contributed by atoms with E-state index in [2.05, 4.69) is 39.6 Å². The fraction of sp³-hybridized carbons (Fsp3) is 0.526. The molecule has 0 saturated heterocycles. The Kier molecular flexibility index (Phi) is 4.43. The summed E-state index contributed by atoms with van der Waals surface area (Å²) < 4.78 is 7.58. The Labute approximate surface area is 143 Å². The molecule has 0 fully saturated rings. The maximum absolute atomic E-state index is 11.9. The Morgan fingerprint density at radius 1 is 1.38 bits per heavy atom. The molecular weight excluding hydrogens is 302 g/mol. The minimum atomic E-state index is -0.477. The van der Waals surface area contributed by atoms with E-state index in [0.717, 1.165) is 25.9 Å². The van der Waals surface area contributed by atoms with E-state index in [1.807, 2.05) is 27.7 Å². The van der Waals surface area contributed by atoms with Crippen molar-refractivity contribution in [2.75, 3.05) is 11.9 Å². The lowest BCUT2D eigenvalue weighted by atomic mass is 10.0. The normalized spacial score (nSPS) is 15.5. The Hall–Kier alpha value is -2.17. The van der Waals surface area contributed by atoms with Gasteiger partial charge in [0.05, 0.1) is 5.52 Å². The second-order valence-electron chi connectivity index (χ2n) is 7.58. The van der Waals surface area contributed by atoms with Gasteiger partial charge in [-0.05, 0) is 58.2 Å². The number of aromatic nitrogens is 1. The van der Waals surface area contributed by atoms with Crippen molar-refractivity contribution in [2.24, 2.45) is 0 Å². The van der Waals surface area contributed by atoms with Crippen LogP contribution in [0.15, 0.2) is 24.4 Å². The number of anilines is 1. The summed E-state index contributed by atoms with van der Waals surface area (Å²) in [5, 5.41) is 7.65. The monoisotopic (exact) mass is 329 g/mol. The van der Waals surface area contributed by atoms with E-state index >= 15 is 0 Å². The lowest BCUT2D eigenvalue weighted by Crippen LogP contribution is -2.39. The second-order valence-corrected chi connectivity index (χ2v) is 7.58. The highest BCUT2D eigenvalue weighted by atomic mass is 16.6. The van der Waals surface area contributed by atoms with Crippen LogP contribution in [0.5, 0.6) is 0 Å². The highest BCUT2D eigenvalue weighted by Gasteiger charge is 2.19. The molecule has 0 radical (unpaired) electrons. The average Bonchev–Trinajstić information content (AvgIpc) is 2.88. The number of amides is 1. The SMILES string of the molecule is C[C@@H](Cn1ccc2ccc3c(c21)CCCN3)NC(=O)OC(C)(C)C. The summed E-state index contributed by atoms with van der Waals surface area (Å²) in [6.45, 7) is 9.38. The Morgan fingerprint density at radius 3 is 2.92 bits per heavy atom. The van der Waals surface area contributed by atoms with Gasteiger partial charge in [0.15, 0.2) is 0 Å². The number of aryl methyl sites for hydroxylation is 1. The molecule has 2 N–H and O–H groups in total. The number of hydrogen-bond acceptors (Lipinski definition) is 3. The number of rotatable bonds is 3. The summed E-state index contributed by atoms with van der Waals surface area (Å²) in [6, 6.07) is 6.46. The van der Waals surface area contributed by atoms with E-state index < -0.39 is 5.60 Å². The molecule has 130 valence electrons. The van der Waals surface area contributed by atoms with Crippen molar-refractivity contribution >= 4 is 22.7 Å². The average molecular weight is 329 g/mol. The van der Waals surface area contributed by atoms with Crippen LogP contribution in [0.1, 0.15) is 39.7 Å². The molecule has 5 heteroatoms. The molecule has 3 rings (SSSR count). The number of benzene rings is 1. The fourth-order valence-electron chi connectivity index (χ4n) is 3.28. The summed E-state index contributed by atoms with van der Waals surface area (Å²) in [7, 11) is 0. The molecule has 2 aromatic rings. The van der Waals surface area contributed by atoms with Crippen LogP contribution < -0.4 is 10.6 Å². The summed E-state index contributed by atoms with van der Waals surface area (Å²) in [5.41, 5.74) is 3.42. The fourth-order valence-corrected chi connectivity index (χ4v) is 3.28. The number of carbonyl (C=O) groups is 1. The van der Waals surface area contributed by atoms with Crippen molar-refractivity contribution < 1.29 is 9.53 Å². The van der Waals surface area contributed by atoms with Crippen LogP contribution in [0.2, 0.25) is 0 Å². The van der Waals surface area contributed by atoms with Crippen LogP contribution in [0, 0.1) is 0 Å². The van der Waals surface area contributed by atoms with Crippen molar-refractivity contribution in [2.45, 2.75) is 58.7 Å². The van der Waals surface area contributed by atoms with Crippen LogP contribution in [0.3, 0.4) is 0 Å². The Balaban J connectivity index is 1.77. The van der Waals surface area contributed by atoms with Crippen molar-refractivity contribution in [1.29, 1.82) is 0 Å². The highest BCUT2D eigenvalue weighted by Crippen LogP contribution is 2.31. The van der Waals surface area contributed by atoms with Gasteiger partial charge in [-0.2, -0.15) is 0 Å². The van der Waals surface area contributed by atoms with Gasteiger partial charge < -0.3 is 19.9 Å². The zero-order valence-electron chi connectivity index (χ0n) is 15.0. The lowest BCUT2D eigenvalue weighted by molar-refractivity contribution is 0.0504. The minimum absolute atomic E-state index is 0.0112. The van der Waals surface area contributed by atoms with Gasteiger partial charge in [0.2, 0.25) is 0 Å². The first-order valence-electron chi connectivity index (χ1n) is 8.67. The van der Waals surface area contributed by atoms with Gasteiger partial charge in [0.25, 0.3) is 0 Å². The zero-order valence-corrected chi connectivity index (χ0v) is 15.0. The van der Waals surface area contributed by atoms with Gasteiger partial charge in [-0.1, -0.05) is 6.07 Å². The lowest BCUT2D eigenvalue weighted by Gasteiger charge is -2.23. The van der Waals surface area contributed by atoms with E-state index in [1.54, 1.807) is 0 Å². The molecule has 2 heterocycles. The van der Waals surface area contributed by atoms with Crippen molar-refractivity contribution in [3.8, 4) is 0 Å². The number of alkyl carbamates (subject to hydrolysis) is 1. The van der Waals surface area contributed by atoms with E-state index in [9.17, 15) is 4.79 Å². The maximum atomic E-state index is 11.9. The zero-order chi connectivity index (χ0) is 17.3. The van der Waals surface area contributed by atoms with Gasteiger partial charge in [-0.3, -0.25) is 0 Å². The van der Waals surface area contributed by atoms with Crippen LogP contribution >= 0.6 is 0 Å². The Morgan fingerprint density at radius 2 is 2.17 bits per heavy atom. The number of carbonyl (C=O) groups excluding carboxylic acids is 1.